The van der Waals surface area contributed by atoms with Crippen LogP contribution in [0, 0.1) is 5.92 Å². The van der Waals surface area contributed by atoms with Gasteiger partial charge >= 0.3 is 0 Å². The zero-order chi connectivity index (χ0) is 19.3. The Kier molecular flexibility index (Phi) is 7.68. The van der Waals surface area contributed by atoms with Gasteiger partial charge in [0.05, 0.1) is 6.04 Å². The van der Waals surface area contributed by atoms with Crippen LogP contribution in [0.15, 0.2) is 54.6 Å². The maximum atomic E-state index is 6.58. The van der Waals surface area contributed by atoms with E-state index in [0.29, 0.717) is 5.92 Å². The molecule has 0 aliphatic carbocycles. The summed E-state index contributed by atoms with van der Waals surface area (Å²) in [6.45, 7) is 13.3. The van der Waals surface area contributed by atoms with Gasteiger partial charge in [-0.05, 0) is 50.3 Å². The third-order valence-corrected chi connectivity index (χ3v) is 5.44. The minimum Gasteiger partial charge on any atom is -0.290 e. The second kappa shape index (κ2) is 9.34. The van der Waals surface area contributed by atoms with Gasteiger partial charge in [-0.3, -0.25) is 4.84 Å². The zero-order valence-corrected chi connectivity index (χ0v) is 19.0. The molecule has 26 heavy (non-hydrogen) atoms. The SMILES string of the molecule is CC(ON(C(c1ccccc1)C(C)C)C(C)(C)C)c1ccc(CI)cc1. The van der Waals surface area contributed by atoms with Crippen molar-refractivity contribution in [3.63, 3.8) is 0 Å². The Bertz CT molecular complexity index is 661. The first-order valence-electron chi connectivity index (χ1n) is 9.40. The van der Waals surface area contributed by atoms with Crippen LogP contribution in [-0.4, -0.2) is 10.6 Å². The third kappa shape index (κ3) is 5.54. The van der Waals surface area contributed by atoms with Crippen molar-refractivity contribution in [2.24, 2.45) is 5.92 Å². The van der Waals surface area contributed by atoms with Crippen LogP contribution in [0.3, 0.4) is 0 Å². The van der Waals surface area contributed by atoms with Gasteiger partial charge in [-0.1, -0.05) is 91.0 Å². The largest absolute Gasteiger partial charge is 0.290 e. The first kappa shape index (κ1) is 21.4. The molecule has 0 saturated carbocycles. The molecular weight excluding hydrogens is 433 g/mol. The van der Waals surface area contributed by atoms with E-state index < -0.39 is 0 Å². The molecule has 2 rings (SSSR count). The average Bonchev–Trinajstić information content (AvgIpc) is 2.61. The van der Waals surface area contributed by atoms with E-state index in [1.165, 1.54) is 16.7 Å². The second-order valence-electron chi connectivity index (χ2n) is 8.22. The number of hydrogen-bond donors (Lipinski definition) is 0. The maximum absolute atomic E-state index is 6.58. The van der Waals surface area contributed by atoms with E-state index in [-0.39, 0.29) is 17.7 Å². The fraction of sp³-hybridized carbons (Fsp3) is 0.478. The predicted octanol–water partition coefficient (Wildman–Crippen LogP) is 7.11. The molecule has 0 N–H and O–H groups in total. The van der Waals surface area contributed by atoms with E-state index in [1.54, 1.807) is 0 Å². The molecule has 0 heterocycles. The van der Waals surface area contributed by atoms with Gasteiger partial charge in [0, 0.05) is 9.97 Å². The van der Waals surface area contributed by atoms with Crippen LogP contribution in [0.1, 0.15) is 70.4 Å². The van der Waals surface area contributed by atoms with Gasteiger partial charge in [0.1, 0.15) is 6.10 Å². The summed E-state index contributed by atoms with van der Waals surface area (Å²) in [7, 11) is 0. The standard InChI is InChI=1S/C23H32INO/c1-17(2)22(21-10-8-7-9-11-21)25(23(4,5)6)26-18(3)20-14-12-19(16-24)13-15-20/h7-15,17-18,22H,16H2,1-6H3. The lowest BCUT2D eigenvalue weighted by Crippen LogP contribution is -2.46. The first-order valence-corrected chi connectivity index (χ1v) is 10.9. The van der Waals surface area contributed by atoms with Crippen molar-refractivity contribution in [2.75, 3.05) is 0 Å². The minimum atomic E-state index is -0.110. The lowest BCUT2D eigenvalue weighted by molar-refractivity contribution is -0.272. The van der Waals surface area contributed by atoms with Crippen molar-refractivity contribution in [1.82, 2.24) is 5.06 Å². The highest BCUT2D eigenvalue weighted by atomic mass is 127. The summed E-state index contributed by atoms with van der Waals surface area (Å²) in [5, 5.41) is 2.20. The molecule has 0 aliphatic rings. The molecule has 0 fully saturated rings. The quantitative estimate of drug-likeness (QED) is 0.245. The van der Waals surface area contributed by atoms with E-state index >= 15 is 0 Å². The van der Waals surface area contributed by atoms with Gasteiger partial charge < -0.3 is 0 Å². The lowest BCUT2D eigenvalue weighted by atomic mass is 9.92. The van der Waals surface area contributed by atoms with Crippen LogP contribution < -0.4 is 0 Å². The maximum Gasteiger partial charge on any atom is 0.102 e. The zero-order valence-electron chi connectivity index (χ0n) is 16.9. The molecule has 0 aromatic heterocycles. The number of hydroxylamine groups is 2. The average molecular weight is 465 g/mol. The van der Waals surface area contributed by atoms with Crippen LogP contribution in [0.4, 0.5) is 0 Å². The van der Waals surface area contributed by atoms with E-state index in [1.807, 2.05) is 0 Å². The monoisotopic (exact) mass is 465 g/mol. The Labute approximate surface area is 173 Å². The van der Waals surface area contributed by atoms with Crippen LogP contribution in [0.5, 0.6) is 0 Å². The summed E-state index contributed by atoms with van der Waals surface area (Å²) >= 11 is 2.40. The van der Waals surface area contributed by atoms with Crippen molar-refractivity contribution in [1.29, 1.82) is 0 Å². The molecule has 0 radical (unpaired) electrons. The van der Waals surface area contributed by atoms with E-state index in [9.17, 15) is 0 Å². The topological polar surface area (TPSA) is 12.5 Å². The molecule has 2 aromatic carbocycles. The molecule has 2 nitrogen and oxygen atoms in total. The molecule has 2 atom stereocenters. The predicted molar refractivity (Wildman–Crippen MR) is 119 cm³/mol. The van der Waals surface area contributed by atoms with Crippen molar-refractivity contribution < 1.29 is 4.84 Å². The van der Waals surface area contributed by atoms with Crippen molar-refractivity contribution in [2.45, 2.75) is 63.7 Å². The molecule has 0 amide bonds. The molecule has 0 saturated heterocycles. The van der Waals surface area contributed by atoms with Crippen LogP contribution in [0.25, 0.3) is 0 Å². The van der Waals surface area contributed by atoms with Crippen LogP contribution in [-0.2, 0) is 9.27 Å². The van der Waals surface area contributed by atoms with E-state index in [0.717, 1.165) is 4.43 Å². The number of benzene rings is 2. The summed E-state index contributed by atoms with van der Waals surface area (Å²) in [5.74, 6) is 0.435. The summed E-state index contributed by atoms with van der Waals surface area (Å²) in [4.78, 5) is 6.58. The molecular formula is C23H32INO. The second-order valence-corrected chi connectivity index (χ2v) is 8.98. The smallest absolute Gasteiger partial charge is 0.102 e. The van der Waals surface area contributed by atoms with Gasteiger partial charge in [-0.15, -0.1) is 0 Å². The Morgan fingerprint density at radius 3 is 1.92 bits per heavy atom. The van der Waals surface area contributed by atoms with Gasteiger partial charge in [0.25, 0.3) is 0 Å². The Hall–Kier alpha value is -0.910. The first-order chi connectivity index (χ1) is 12.2. The minimum absolute atomic E-state index is 0.00227. The van der Waals surface area contributed by atoms with Gasteiger partial charge in [0.15, 0.2) is 0 Å². The number of hydrogen-bond acceptors (Lipinski definition) is 2. The highest BCUT2D eigenvalue weighted by Gasteiger charge is 2.34. The molecule has 0 bridgehead atoms. The fourth-order valence-corrected chi connectivity index (χ4v) is 3.70. The Balaban J connectivity index is 2.31. The Morgan fingerprint density at radius 1 is 0.885 bits per heavy atom. The van der Waals surface area contributed by atoms with E-state index in [4.69, 9.17) is 4.84 Å². The summed E-state index contributed by atoms with van der Waals surface area (Å²) in [5.41, 5.74) is 3.74. The van der Waals surface area contributed by atoms with Gasteiger partial charge in [-0.2, -0.15) is 5.06 Å². The number of alkyl halides is 1. The van der Waals surface area contributed by atoms with Crippen LogP contribution >= 0.6 is 22.6 Å². The molecule has 0 spiro atoms. The van der Waals surface area contributed by atoms with Crippen molar-refractivity contribution in [3.05, 3.63) is 71.3 Å². The van der Waals surface area contributed by atoms with E-state index in [2.05, 4.69) is 124 Å². The summed E-state index contributed by atoms with van der Waals surface area (Å²) in [6, 6.07) is 19.7. The number of rotatable bonds is 7. The summed E-state index contributed by atoms with van der Waals surface area (Å²) in [6.07, 6.45) is 0.00227. The summed E-state index contributed by atoms with van der Waals surface area (Å²) < 4.78 is 1.03. The third-order valence-electron chi connectivity index (χ3n) is 4.56. The van der Waals surface area contributed by atoms with Crippen molar-refractivity contribution >= 4 is 22.6 Å². The number of nitrogens with zero attached hydrogens (tertiary/aromatic N) is 1. The molecule has 2 aromatic rings. The molecule has 2 unspecified atom stereocenters. The van der Waals surface area contributed by atoms with Gasteiger partial charge in [0.2, 0.25) is 0 Å². The highest BCUT2D eigenvalue weighted by molar-refractivity contribution is 14.1. The Morgan fingerprint density at radius 2 is 1.46 bits per heavy atom. The van der Waals surface area contributed by atoms with Gasteiger partial charge in [-0.25, -0.2) is 0 Å². The van der Waals surface area contributed by atoms with Crippen molar-refractivity contribution in [3.8, 4) is 0 Å². The lowest BCUT2D eigenvalue weighted by Gasteiger charge is -2.44. The number of halogens is 1. The molecule has 142 valence electrons. The van der Waals surface area contributed by atoms with Crippen LogP contribution in [0.2, 0.25) is 0 Å². The molecule has 0 aliphatic heterocycles. The highest BCUT2D eigenvalue weighted by Crippen LogP contribution is 2.37. The molecule has 3 heteroatoms. The normalized spacial score (nSPS) is 14.7. The fourth-order valence-electron chi connectivity index (χ4n) is 3.19.